The Hall–Kier alpha value is -3.03. The minimum atomic E-state index is -0.672. The highest BCUT2D eigenvalue weighted by Gasteiger charge is 2.21. The lowest BCUT2D eigenvalue weighted by atomic mass is 10.0. The van der Waals surface area contributed by atoms with Crippen LogP contribution in [0.15, 0.2) is 115 Å². The van der Waals surface area contributed by atoms with Gasteiger partial charge in [0, 0.05) is 12.3 Å². The van der Waals surface area contributed by atoms with Crippen molar-refractivity contribution in [1.82, 2.24) is 5.32 Å². The van der Waals surface area contributed by atoms with Crippen molar-refractivity contribution in [3.8, 4) is 0 Å². The van der Waals surface area contributed by atoms with Gasteiger partial charge in [0.25, 0.3) is 0 Å². The number of aliphatic hydroxyl groups excluding tert-OH is 1. The lowest BCUT2D eigenvalue weighted by Crippen LogP contribution is -2.34. The summed E-state index contributed by atoms with van der Waals surface area (Å²) in [6.45, 7) is 2.06. The number of aliphatic hydroxyl groups is 1. The van der Waals surface area contributed by atoms with E-state index in [9.17, 15) is 5.11 Å². The molecule has 5 aromatic rings. The molecule has 0 saturated heterocycles. The standard InChI is InChI=1S/C30H28NOP/c1-22(30(32)23-12-4-2-5-13-23)31-21-33(25-15-6-3-7-16-25)29-20-24-14-8-9-17-26(24)27-18-10-11-19-28(27)29/h2-20,22,30-32H,21H2,1H3/t22-,30-,33-/m0/s1. The van der Waals surface area contributed by atoms with Crippen LogP contribution in [0.5, 0.6) is 0 Å². The minimum Gasteiger partial charge on any atom is -0.387 e. The molecule has 2 nitrogen and oxygen atoms in total. The SMILES string of the molecule is C[C@H](NC[P@@](c1ccccc1)c1cc2ccccc2c2ccccc12)[C@H](O)c1ccccc1. The van der Waals surface area contributed by atoms with Gasteiger partial charge in [0.1, 0.15) is 0 Å². The predicted molar refractivity (Wildman–Crippen MR) is 143 cm³/mol. The number of nitrogens with one attached hydrogen (secondary N) is 1. The van der Waals surface area contributed by atoms with Gasteiger partial charge in [-0.1, -0.05) is 109 Å². The summed E-state index contributed by atoms with van der Waals surface area (Å²) in [5, 5.41) is 22.4. The Bertz CT molecular complexity index is 1350. The molecule has 0 amide bonds. The first-order chi connectivity index (χ1) is 16.2. The van der Waals surface area contributed by atoms with E-state index in [4.69, 9.17) is 0 Å². The maximum absolute atomic E-state index is 10.9. The summed E-state index contributed by atoms with van der Waals surface area (Å²) >= 11 is 0. The minimum absolute atomic E-state index is 0.0622. The Morgan fingerprint density at radius 3 is 2.00 bits per heavy atom. The van der Waals surface area contributed by atoms with Crippen LogP contribution in [0.1, 0.15) is 18.6 Å². The zero-order valence-corrected chi connectivity index (χ0v) is 19.6. The quantitative estimate of drug-likeness (QED) is 0.233. The number of fused-ring (bicyclic) bond motifs is 3. The zero-order chi connectivity index (χ0) is 22.6. The van der Waals surface area contributed by atoms with E-state index in [2.05, 4.69) is 97.2 Å². The topological polar surface area (TPSA) is 32.3 Å². The third-order valence-electron chi connectivity index (χ3n) is 6.29. The van der Waals surface area contributed by atoms with Gasteiger partial charge in [0.05, 0.1) is 6.10 Å². The molecule has 0 aromatic heterocycles. The van der Waals surface area contributed by atoms with Crippen LogP contribution < -0.4 is 15.9 Å². The van der Waals surface area contributed by atoms with E-state index in [1.54, 1.807) is 0 Å². The van der Waals surface area contributed by atoms with Gasteiger partial charge in [-0.25, -0.2) is 0 Å². The van der Waals surface area contributed by atoms with Crippen LogP contribution in [0.3, 0.4) is 0 Å². The first kappa shape index (κ1) is 21.8. The fourth-order valence-electron chi connectivity index (χ4n) is 4.47. The summed E-state index contributed by atoms with van der Waals surface area (Å²) in [5.74, 6) is 0. The van der Waals surface area contributed by atoms with E-state index in [1.165, 1.54) is 32.2 Å². The number of hydrogen-bond donors (Lipinski definition) is 2. The maximum atomic E-state index is 10.9. The smallest absolute Gasteiger partial charge is 0.0940 e. The molecule has 5 aromatic carbocycles. The molecule has 2 N–H and O–H groups in total. The van der Waals surface area contributed by atoms with Gasteiger partial charge in [0.2, 0.25) is 0 Å². The normalized spacial score (nSPS) is 14.2. The molecule has 3 atom stereocenters. The largest absolute Gasteiger partial charge is 0.387 e. The zero-order valence-electron chi connectivity index (χ0n) is 18.7. The van der Waals surface area contributed by atoms with Crippen molar-refractivity contribution in [3.05, 3.63) is 121 Å². The molecule has 0 bridgehead atoms. The van der Waals surface area contributed by atoms with Crippen LogP contribution >= 0.6 is 7.92 Å². The highest BCUT2D eigenvalue weighted by molar-refractivity contribution is 7.73. The second-order valence-electron chi connectivity index (χ2n) is 8.43. The van der Waals surface area contributed by atoms with Crippen molar-refractivity contribution in [2.24, 2.45) is 0 Å². The van der Waals surface area contributed by atoms with Crippen molar-refractivity contribution in [1.29, 1.82) is 0 Å². The van der Waals surface area contributed by atoms with Crippen molar-refractivity contribution in [2.45, 2.75) is 19.1 Å². The van der Waals surface area contributed by atoms with Gasteiger partial charge in [-0.2, -0.15) is 0 Å². The van der Waals surface area contributed by atoms with Gasteiger partial charge < -0.3 is 10.4 Å². The second-order valence-corrected chi connectivity index (χ2v) is 10.6. The van der Waals surface area contributed by atoms with Crippen molar-refractivity contribution in [2.75, 3.05) is 6.29 Å². The molecular formula is C30H28NOP. The Kier molecular flexibility index (Phi) is 6.51. The van der Waals surface area contributed by atoms with Gasteiger partial charge in [-0.15, -0.1) is 0 Å². The summed E-state index contributed by atoms with van der Waals surface area (Å²) in [7, 11) is -0.672. The van der Waals surface area contributed by atoms with Crippen molar-refractivity contribution in [3.63, 3.8) is 0 Å². The average molecular weight is 450 g/mol. The first-order valence-corrected chi connectivity index (χ1v) is 12.9. The molecule has 0 aliphatic rings. The first-order valence-electron chi connectivity index (χ1n) is 11.4. The van der Waals surface area contributed by atoms with Crippen LogP contribution in [0, 0.1) is 0 Å². The summed E-state index contributed by atoms with van der Waals surface area (Å²) < 4.78 is 0. The number of benzene rings is 5. The fraction of sp³-hybridized carbons (Fsp3) is 0.133. The van der Waals surface area contributed by atoms with E-state index in [0.717, 1.165) is 11.8 Å². The summed E-state index contributed by atoms with van der Waals surface area (Å²) in [6.07, 6.45) is 0.249. The van der Waals surface area contributed by atoms with Crippen LogP contribution in [-0.4, -0.2) is 17.4 Å². The Balaban J connectivity index is 1.54. The summed E-state index contributed by atoms with van der Waals surface area (Å²) in [4.78, 5) is 0. The van der Waals surface area contributed by atoms with Crippen LogP contribution in [-0.2, 0) is 0 Å². The van der Waals surface area contributed by atoms with E-state index >= 15 is 0 Å². The Morgan fingerprint density at radius 2 is 1.27 bits per heavy atom. The highest BCUT2D eigenvalue weighted by atomic mass is 31.1. The monoisotopic (exact) mass is 449 g/mol. The second kappa shape index (κ2) is 9.85. The molecule has 0 heterocycles. The molecular weight excluding hydrogens is 421 g/mol. The molecule has 164 valence electrons. The molecule has 0 unspecified atom stereocenters. The maximum Gasteiger partial charge on any atom is 0.0940 e. The fourth-order valence-corrected chi connectivity index (χ4v) is 6.88. The Morgan fingerprint density at radius 1 is 0.697 bits per heavy atom. The average Bonchev–Trinajstić information content (AvgIpc) is 2.89. The number of rotatable bonds is 7. The van der Waals surface area contributed by atoms with Crippen LogP contribution in [0.2, 0.25) is 0 Å². The molecule has 0 spiro atoms. The lowest BCUT2D eigenvalue weighted by molar-refractivity contribution is 0.139. The van der Waals surface area contributed by atoms with Crippen LogP contribution in [0.4, 0.5) is 0 Å². The lowest BCUT2D eigenvalue weighted by Gasteiger charge is -2.26. The van der Waals surface area contributed by atoms with Crippen LogP contribution in [0.25, 0.3) is 21.5 Å². The molecule has 5 rings (SSSR count). The van der Waals surface area contributed by atoms with Crippen molar-refractivity contribution >= 4 is 40.1 Å². The number of hydrogen-bond acceptors (Lipinski definition) is 2. The molecule has 0 aliphatic carbocycles. The predicted octanol–water partition coefficient (Wildman–Crippen LogP) is 6.09. The van der Waals surface area contributed by atoms with E-state index in [-0.39, 0.29) is 6.04 Å². The Labute approximate surface area is 196 Å². The molecule has 0 radical (unpaired) electrons. The van der Waals surface area contributed by atoms with Gasteiger partial charge >= 0.3 is 0 Å². The van der Waals surface area contributed by atoms with Gasteiger partial charge in [0.15, 0.2) is 0 Å². The van der Waals surface area contributed by atoms with Crippen molar-refractivity contribution < 1.29 is 5.11 Å². The summed E-state index contributed by atoms with van der Waals surface area (Å²) in [5.41, 5.74) is 0.942. The molecule has 33 heavy (non-hydrogen) atoms. The molecule has 0 aliphatic heterocycles. The summed E-state index contributed by atoms with van der Waals surface area (Å²) in [6, 6.07) is 40.4. The van der Waals surface area contributed by atoms with Gasteiger partial charge in [-0.3, -0.25) is 0 Å². The molecule has 0 saturated carbocycles. The van der Waals surface area contributed by atoms with E-state index in [1.807, 2.05) is 30.3 Å². The highest BCUT2D eigenvalue weighted by Crippen LogP contribution is 2.38. The molecule has 3 heteroatoms. The van der Waals surface area contributed by atoms with Gasteiger partial charge in [-0.05, 0) is 58.6 Å². The molecule has 0 fully saturated rings. The van der Waals surface area contributed by atoms with E-state index < -0.39 is 14.0 Å². The third kappa shape index (κ3) is 4.56. The van der Waals surface area contributed by atoms with E-state index in [0.29, 0.717) is 0 Å². The third-order valence-corrected chi connectivity index (χ3v) is 8.66.